The normalized spacial score (nSPS) is 23.3. The van der Waals surface area contributed by atoms with Crippen LogP contribution in [0.5, 0.6) is 0 Å². The molecule has 2 fully saturated rings. The van der Waals surface area contributed by atoms with Crippen molar-refractivity contribution in [3.63, 3.8) is 0 Å². The van der Waals surface area contributed by atoms with Gasteiger partial charge in [-0.3, -0.25) is 9.58 Å². The Balaban J connectivity index is 0.00000120. The zero-order valence-electron chi connectivity index (χ0n) is 10.9. The van der Waals surface area contributed by atoms with Crippen molar-refractivity contribution in [2.45, 2.75) is 44.3 Å². The molecule has 0 bridgehead atoms. The first-order valence-corrected chi connectivity index (χ1v) is 6.64. The third kappa shape index (κ3) is 3.22. The van der Waals surface area contributed by atoms with E-state index in [1.165, 1.54) is 44.5 Å². The lowest BCUT2D eigenvalue weighted by Crippen LogP contribution is -2.38. The van der Waals surface area contributed by atoms with Crippen LogP contribution < -0.4 is 5.32 Å². The largest absolute Gasteiger partial charge is 0.313 e. The van der Waals surface area contributed by atoms with Crippen LogP contribution in [0, 0.1) is 0 Å². The second-order valence-electron chi connectivity index (χ2n) is 5.30. The minimum absolute atomic E-state index is 0. The van der Waals surface area contributed by atoms with Crippen LogP contribution in [0.3, 0.4) is 0 Å². The van der Waals surface area contributed by atoms with E-state index in [1.54, 1.807) is 0 Å². The molecule has 0 spiro atoms. The van der Waals surface area contributed by atoms with Crippen LogP contribution in [-0.4, -0.2) is 45.1 Å². The minimum atomic E-state index is 0. The van der Waals surface area contributed by atoms with Crippen LogP contribution in [-0.2, 0) is 13.6 Å². The van der Waals surface area contributed by atoms with Crippen molar-refractivity contribution < 1.29 is 0 Å². The summed E-state index contributed by atoms with van der Waals surface area (Å²) in [5.41, 5.74) is 1.22. The zero-order valence-corrected chi connectivity index (χ0v) is 11.7. The Morgan fingerprint density at radius 1 is 1.44 bits per heavy atom. The Morgan fingerprint density at radius 3 is 2.83 bits per heavy atom. The monoisotopic (exact) mass is 271 g/mol. The SMILES string of the molecule is Cl.Cn1nncc1CN(CC1CCCN1)C1CC1. The fourth-order valence-corrected chi connectivity index (χ4v) is 2.64. The summed E-state index contributed by atoms with van der Waals surface area (Å²) >= 11 is 0. The molecule has 6 heteroatoms. The summed E-state index contributed by atoms with van der Waals surface area (Å²) in [6, 6.07) is 1.49. The van der Waals surface area contributed by atoms with Crippen LogP contribution in [0.1, 0.15) is 31.4 Å². The molecule has 1 aromatic rings. The van der Waals surface area contributed by atoms with Gasteiger partial charge < -0.3 is 5.32 Å². The van der Waals surface area contributed by atoms with Gasteiger partial charge in [0, 0.05) is 32.2 Å². The van der Waals surface area contributed by atoms with Crippen molar-refractivity contribution in [1.29, 1.82) is 0 Å². The molecular formula is C12H22ClN5. The maximum Gasteiger partial charge on any atom is 0.0738 e. The van der Waals surface area contributed by atoms with Crippen molar-refractivity contribution in [3.8, 4) is 0 Å². The summed E-state index contributed by atoms with van der Waals surface area (Å²) in [4.78, 5) is 2.60. The van der Waals surface area contributed by atoms with Gasteiger partial charge in [0.25, 0.3) is 0 Å². The minimum Gasteiger partial charge on any atom is -0.313 e. The van der Waals surface area contributed by atoms with Gasteiger partial charge >= 0.3 is 0 Å². The zero-order chi connectivity index (χ0) is 11.7. The highest BCUT2D eigenvalue weighted by molar-refractivity contribution is 5.85. The van der Waals surface area contributed by atoms with E-state index in [9.17, 15) is 0 Å². The fourth-order valence-electron chi connectivity index (χ4n) is 2.64. The Labute approximate surface area is 114 Å². The van der Waals surface area contributed by atoms with Gasteiger partial charge in [0.15, 0.2) is 0 Å². The van der Waals surface area contributed by atoms with Crippen molar-refractivity contribution >= 4 is 12.4 Å². The van der Waals surface area contributed by atoms with Crippen molar-refractivity contribution in [2.75, 3.05) is 13.1 Å². The van der Waals surface area contributed by atoms with Gasteiger partial charge in [-0.2, -0.15) is 0 Å². The first kappa shape index (κ1) is 13.8. The number of rotatable bonds is 5. The molecule has 1 N–H and O–H groups in total. The fraction of sp³-hybridized carbons (Fsp3) is 0.833. The van der Waals surface area contributed by atoms with E-state index in [2.05, 4.69) is 20.5 Å². The number of hydrogen-bond acceptors (Lipinski definition) is 4. The Kier molecular flexibility index (Phi) is 4.59. The molecule has 0 radical (unpaired) electrons. The van der Waals surface area contributed by atoms with Gasteiger partial charge in [-0.1, -0.05) is 5.21 Å². The average molecular weight is 272 g/mol. The molecular weight excluding hydrogens is 250 g/mol. The van der Waals surface area contributed by atoms with Crippen LogP contribution in [0.15, 0.2) is 6.20 Å². The van der Waals surface area contributed by atoms with Crippen LogP contribution in [0.4, 0.5) is 0 Å². The summed E-state index contributed by atoms with van der Waals surface area (Å²) in [5, 5.41) is 11.5. The lowest BCUT2D eigenvalue weighted by molar-refractivity contribution is 0.225. The second kappa shape index (κ2) is 5.99. The molecule has 0 amide bonds. The lowest BCUT2D eigenvalue weighted by Gasteiger charge is -2.25. The maximum atomic E-state index is 4.01. The first-order valence-electron chi connectivity index (χ1n) is 6.64. The quantitative estimate of drug-likeness (QED) is 0.866. The van der Waals surface area contributed by atoms with E-state index in [4.69, 9.17) is 0 Å². The summed E-state index contributed by atoms with van der Waals surface area (Å²) in [6.45, 7) is 3.36. The molecule has 3 rings (SSSR count). The molecule has 1 atom stereocenters. The predicted octanol–water partition coefficient (Wildman–Crippen LogP) is 0.953. The molecule has 1 aromatic heterocycles. The average Bonchev–Trinajstić information content (AvgIpc) is 2.91. The van der Waals surface area contributed by atoms with E-state index >= 15 is 0 Å². The van der Waals surface area contributed by atoms with Crippen molar-refractivity contribution in [2.24, 2.45) is 7.05 Å². The molecule has 5 nitrogen and oxygen atoms in total. The maximum absolute atomic E-state index is 4.01. The van der Waals surface area contributed by atoms with E-state index < -0.39 is 0 Å². The van der Waals surface area contributed by atoms with Gasteiger partial charge in [-0.05, 0) is 32.2 Å². The molecule has 0 aromatic carbocycles. The number of hydrogen-bond donors (Lipinski definition) is 1. The van der Waals surface area contributed by atoms with Gasteiger partial charge in [0.1, 0.15) is 0 Å². The summed E-state index contributed by atoms with van der Waals surface area (Å²) in [7, 11) is 1.97. The molecule has 1 aliphatic carbocycles. The van der Waals surface area contributed by atoms with Gasteiger partial charge in [0.05, 0.1) is 11.9 Å². The Morgan fingerprint density at radius 2 is 2.28 bits per heavy atom. The number of aromatic nitrogens is 3. The number of nitrogens with zero attached hydrogens (tertiary/aromatic N) is 4. The van der Waals surface area contributed by atoms with Gasteiger partial charge in [0.2, 0.25) is 0 Å². The molecule has 1 aliphatic heterocycles. The second-order valence-corrected chi connectivity index (χ2v) is 5.30. The molecule has 2 heterocycles. The molecule has 102 valence electrons. The van der Waals surface area contributed by atoms with Crippen LogP contribution in [0.25, 0.3) is 0 Å². The van der Waals surface area contributed by atoms with E-state index in [1.807, 2.05) is 17.9 Å². The smallest absolute Gasteiger partial charge is 0.0738 e. The lowest BCUT2D eigenvalue weighted by atomic mass is 10.2. The predicted molar refractivity (Wildman–Crippen MR) is 72.7 cm³/mol. The standard InChI is InChI=1S/C12H21N5.ClH/c1-16-12(7-14-15-16)9-17(11-4-5-11)8-10-3-2-6-13-10;/h7,10-11,13H,2-6,8-9H2,1H3;1H. The highest BCUT2D eigenvalue weighted by Gasteiger charge is 2.31. The van der Waals surface area contributed by atoms with E-state index in [0.29, 0.717) is 6.04 Å². The first-order chi connectivity index (χ1) is 8.33. The molecule has 18 heavy (non-hydrogen) atoms. The Bertz CT molecular complexity index is 370. The molecule has 1 saturated carbocycles. The van der Waals surface area contributed by atoms with Crippen molar-refractivity contribution in [1.82, 2.24) is 25.2 Å². The van der Waals surface area contributed by atoms with Crippen molar-refractivity contribution in [3.05, 3.63) is 11.9 Å². The highest BCUT2D eigenvalue weighted by atomic mass is 35.5. The summed E-state index contributed by atoms with van der Waals surface area (Å²) < 4.78 is 1.89. The van der Waals surface area contributed by atoms with Gasteiger partial charge in [-0.25, -0.2) is 0 Å². The van der Waals surface area contributed by atoms with E-state index in [-0.39, 0.29) is 12.4 Å². The summed E-state index contributed by atoms with van der Waals surface area (Å²) in [6.07, 6.45) is 7.26. The van der Waals surface area contributed by atoms with Crippen LogP contribution in [0.2, 0.25) is 0 Å². The van der Waals surface area contributed by atoms with Crippen LogP contribution >= 0.6 is 12.4 Å². The molecule has 1 unspecified atom stereocenters. The third-order valence-electron chi connectivity index (χ3n) is 3.85. The Hall–Kier alpha value is -0.650. The number of aryl methyl sites for hydroxylation is 1. The topological polar surface area (TPSA) is 46.0 Å². The summed E-state index contributed by atoms with van der Waals surface area (Å²) in [5.74, 6) is 0. The number of nitrogens with one attached hydrogen (secondary N) is 1. The van der Waals surface area contributed by atoms with Gasteiger partial charge in [-0.15, -0.1) is 17.5 Å². The highest BCUT2D eigenvalue weighted by Crippen LogP contribution is 2.28. The third-order valence-corrected chi connectivity index (χ3v) is 3.85. The van der Waals surface area contributed by atoms with E-state index in [0.717, 1.165) is 12.6 Å². The molecule has 1 saturated heterocycles. The molecule has 2 aliphatic rings. The number of halogens is 1.